The monoisotopic (exact) mass is 723 g/mol. The Morgan fingerprint density at radius 1 is 0.392 bits per heavy atom. The zero-order valence-corrected chi connectivity index (χ0v) is 34.6. The van der Waals surface area contributed by atoms with Crippen molar-refractivity contribution < 1.29 is 28.6 Å². The molecule has 0 spiro atoms. The third-order valence-electron chi connectivity index (χ3n) is 10.4. The molecular formula is C45H86O6. The van der Waals surface area contributed by atoms with Gasteiger partial charge in [-0.05, 0) is 25.2 Å². The molecule has 0 aliphatic rings. The van der Waals surface area contributed by atoms with Gasteiger partial charge in [-0.1, -0.05) is 207 Å². The van der Waals surface area contributed by atoms with Crippen LogP contribution in [0.1, 0.15) is 246 Å². The van der Waals surface area contributed by atoms with E-state index in [2.05, 4.69) is 27.7 Å². The number of carbonyl (C=O) groups excluding carboxylic acids is 3. The van der Waals surface area contributed by atoms with E-state index >= 15 is 0 Å². The van der Waals surface area contributed by atoms with Crippen LogP contribution in [0.5, 0.6) is 0 Å². The Morgan fingerprint density at radius 2 is 0.686 bits per heavy atom. The number of ether oxygens (including phenoxy) is 3. The number of esters is 3. The van der Waals surface area contributed by atoms with Gasteiger partial charge in [-0.25, -0.2) is 0 Å². The topological polar surface area (TPSA) is 78.9 Å². The first-order chi connectivity index (χ1) is 24.9. The van der Waals surface area contributed by atoms with E-state index in [-0.39, 0.29) is 31.1 Å². The molecule has 6 nitrogen and oxygen atoms in total. The zero-order valence-electron chi connectivity index (χ0n) is 34.6. The summed E-state index contributed by atoms with van der Waals surface area (Å²) in [6, 6.07) is 0. The van der Waals surface area contributed by atoms with Gasteiger partial charge in [0, 0.05) is 19.3 Å². The molecule has 0 aliphatic carbocycles. The van der Waals surface area contributed by atoms with Crippen LogP contribution in [0, 0.1) is 5.92 Å². The number of carbonyl (C=O) groups is 3. The number of unbranched alkanes of at least 4 members (excludes halogenated alkanes) is 26. The van der Waals surface area contributed by atoms with Gasteiger partial charge in [0.25, 0.3) is 0 Å². The summed E-state index contributed by atoms with van der Waals surface area (Å²) in [5, 5.41) is 0. The first-order valence-electron chi connectivity index (χ1n) is 22.4. The lowest BCUT2D eigenvalue weighted by Crippen LogP contribution is -2.30. The quantitative estimate of drug-likeness (QED) is 0.0356. The molecule has 1 unspecified atom stereocenters. The van der Waals surface area contributed by atoms with E-state index in [4.69, 9.17) is 14.2 Å². The van der Waals surface area contributed by atoms with Crippen LogP contribution in [0.15, 0.2) is 0 Å². The maximum atomic E-state index is 12.7. The van der Waals surface area contributed by atoms with Gasteiger partial charge in [0.1, 0.15) is 13.2 Å². The van der Waals surface area contributed by atoms with Gasteiger partial charge in [0.05, 0.1) is 0 Å². The Hall–Kier alpha value is -1.59. The maximum Gasteiger partial charge on any atom is 0.306 e. The molecular weight excluding hydrogens is 636 g/mol. The lowest BCUT2D eigenvalue weighted by atomic mass is 9.99. The largest absolute Gasteiger partial charge is 0.462 e. The average molecular weight is 723 g/mol. The van der Waals surface area contributed by atoms with Gasteiger partial charge in [-0.15, -0.1) is 0 Å². The highest BCUT2D eigenvalue weighted by Gasteiger charge is 2.19. The first-order valence-corrected chi connectivity index (χ1v) is 22.4. The highest BCUT2D eigenvalue weighted by atomic mass is 16.6. The summed E-state index contributed by atoms with van der Waals surface area (Å²) < 4.78 is 16.6. The third-order valence-corrected chi connectivity index (χ3v) is 10.4. The van der Waals surface area contributed by atoms with Crippen LogP contribution >= 0.6 is 0 Å². The van der Waals surface area contributed by atoms with Crippen molar-refractivity contribution in [3.05, 3.63) is 0 Å². The summed E-state index contributed by atoms with van der Waals surface area (Å²) in [6.07, 6.45) is 38.2. The predicted octanol–water partition coefficient (Wildman–Crippen LogP) is 13.9. The van der Waals surface area contributed by atoms with E-state index in [0.29, 0.717) is 19.3 Å². The van der Waals surface area contributed by atoms with Crippen molar-refractivity contribution in [2.45, 2.75) is 252 Å². The Morgan fingerprint density at radius 3 is 1.02 bits per heavy atom. The molecule has 0 rings (SSSR count). The average Bonchev–Trinajstić information content (AvgIpc) is 3.13. The molecule has 0 aliphatic heterocycles. The van der Waals surface area contributed by atoms with Gasteiger partial charge >= 0.3 is 17.9 Å². The SMILES string of the molecule is CCCCCCCCCCCCCCCCCCC(=O)O[C@@H](COC(=O)CCCCCCC)COC(=O)CCCCCCCCCCC(C)CC. The molecule has 0 aromatic heterocycles. The van der Waals surface area contributed by atoms with Gasteiger partial charge < -0.3 is 14.2 Å². The Labute approximate surface area is 317 Å². The summed E-state index contributed by atoms with van der Waals surface area (Å²) in [7, 11) is 0. The zero-order chi connectivity index (χ0) is 37.5. The van der Waals surface area contributed by atoms with E-state index in [0.717, 1.165) is 70.1 Å². The summed E-state index contributed by atoms with van der Waals surface area (Å²) in [6.45, 7) is 8.92. The molecule has 51 heavy (non-hydrogen) atoms. The molecule has 0 aromatic rings. The van der Waals surface area contributed by atoms with Crippen molar-refractivity contribution in [1.82, 2.24) is 0 Å². The van der Waals surface area contributed by atoms with Crippen LogP contribution in [-0.4, -0.2) is 37.2 Å². The van der Waals surface area contributed by atoms with E-state index in [9.17, 15) is 14.4 Å². The Balaban J connectivity index is 4.19. The predicted molar refractivity (Wildman–Crippen MR) is 215 cm³/mol. The normalized spacial score (nSPS) is 12.5. The molecule has 2 atom stereocenters. The van der Waals surface area contributed by atoms with Crippen LogP contribution < -0.4 is 0 Å². The van der Waals surface area contributed by atoms with Crippen LogP contribution in [0.4, 0.5) is 0 Å². The minimum absolute atomic E-state index is 0.0655. The Bertz CT molecular complexity index is 768. The molecule has 0 heterocycles. The molecule has 0 radical (unpaired) electrons. The fraction of sp³-hybridized carbons (Fsp3) is 0.933. The minimum Gasteiger partial charge on any atom is -0.462 e. The highest BCUT2D eigenvalue weighted by molar-refractivity contribution is 5.71. The van der Waals surface area contributed by atoms with E-state index in [1.807, 2.05) is 0 Å². The Kier molecular flexibility index (Phi) is 38.4. The van der Waals surface area contributed by atoms with E-state index in [1.165, 1.54) is 135 Å². The van der Waals surface area contributed by atoms with Gasteiger partial charge in [0.15, 0.2) is 6.10 Å². The highest BCUT2D eigenvalue weighted by Crippen LogP contribution is 2.17. The van der Waals surface area contributed by atoms with Crippen molar-refractivity contribution in [3.8, 4) is 0 Å². The molecule has 0 saturated carbocycles. The van der Waals surface area contributed by atoms with Crippen molar-refractivity contribution in [2.24, 2.45) is 5.92 Å². The number of hydrogen-bond acceptors (Lipinski definition) is 6. The minimum atomic E-state index is -0.758. The smallest absolute Gasteiger partial charge is 0.306 e. The molecule has 6 heteroatoms. The summed E-state index contributed by atoms with van der Waals surface area (Å²) >= 11 is 0. The first kappa shape index (κ1) is 49.4. The molecule has 0 N–H and O–H groups in total. The maximum absolute atomic E-state index is 12.7. The standard InChI is InChI=1S/C45H86O6/c1-5-8-10-12-13-14-15-16-17-18-19-20-21-26-30-34-38-45(48)51-42(39-49-43(46)36-32-27-11-9-6-2)40-50-44(47)37-33-29-25-23-22-24-28-31-35-41(4)7-3/h41-42H,5-40H2,1-4H3/t41?,42-/m0/s1. The second kappa shape index (κ2) is 39.6. The molecule has 0 amide bonds. The second-order valence-electron chi connectivity index (χ2n) is 15.6. The summed E-state index contributed by atoms with van der Waals surface area (Å²) in [4.78, 5) is 37.4. The fourth-order valence-electron chi connectivity index (χ4n) is 6.59. The molecule has 0 saturated heterocycles. The van der Waals surface area contributed by atoms with Crippen LogP contribution in [0.2, 0.25) is 0 Å². The van der Waals surface area contributed by atoms with Crippen molar-refractivity contribution >= 4 is 17.9 Å². The van der Waals surface area contributed by atoms with Gasteiger partial charge in [-0.2, -0.15) is 0 Å². The molecule has 0 fully saturated rings. The summed E-state index contributed by atoms with van der Waals surface area (Å²) in [5.41, 5.74) is 0. The summed E-state index contributed by atoms with van der Waals surface area (Å²) in [5.74, 6) is -0.0222. The van der Waals surface area contributed by atoms with Gasteiger partial charge in [0.2, 0.25) is 0 Å². The van der Waals surface area contributed by atoms with Crippen LogP contribution in [0.3, 0.4) is 0 Å². The third kappa shape index (κ3) is 38.0. The van der Waals surface area contributed by atoms with Crippen molar-refractivity contribution in [2.75, 3.05) is 13.2 Å². The van der Waals surface area contributed by atoms with Crippen molar-refractivity contribution in [1.29, 1.82) is 0 Å². The lowest BCUT2D eigenvalue weighted by Gasteiger charge is -2.18. The van der Waals surface area contributed by atoms with Crippen molar-refractivity contribution in [3.63, 3.8) is 0 Å². The second-order valence-corrected chi connectivity index (χ2v) is 15.6. The van der Waals surface area contributed by atoms with Gasteiger partial charge in [-0.3, -0.25) is 14.4 Å². The van der Waals surface area contributed by atoms with E-state index < -0.39 is 6.10 Å². The number of hydrogen-bond donors (Lipinski definition) is 0. The fourth-order valence-corrected chi connectivity index (χ4v) is 6.59. The lowest BCUT2D eigenvalue weighted by molar-refractivity contribution is -0.167. The van der Waals surface area contributed by atoms with Crippen LogP contribution in [-0.2, 0) is 28.6 Å². The molecule has 0 bridgehead atoms. The number of rotatable bonds is 40. The van der Waals surface area contributed by atoms with E-state index in [1.54, 1.807) is 0 Å². The molecule has 302 valence electrons. The molecule has 0 aromatic carbocycles. The van der Waals surface area contributed by atoms with Crippen LogP contribution in [0.25, 0.3) is 0 Å².